The van der Waals surface area contributed by atoms with Crippen LogP contribution in [0.2, 0.25) is 0 Å². The first-order valence-corrected chi connectivity index (χ1v) is 8.89. The van der Waals surface area contributed by atoms with Gasteiger partial charge in [-0.25, -0.2) is 18.6 Å². The third kappa shape index (κ3) is 3.35. The van der Waals surface area contributed by atoms with Crippen molar-refractivity contribution in [3.05, 3.63) is 58.2 Å². The lowest BCUT2D eigenvalue weighted by Gasteiger charge is -2.18. The molecule has 1 aliphatic rings. The van der Waals surface area contributed by atoms with Gasteiger partial charge < -0.3 is 9.72 Å². The number of imidazole rings is 1. The van der Waals surface area contributed by atoms with Crippen molar-refractivity contribution in [3.63, 3.8) is 0 Å². The summed E-state index contributed by atoms with van der Waals surface area (Å²) in [5, 5.41) is 2.49. The van der Waals surface area contributed by atoms with Gasteiger partial charge >= 0.3 is 6.09 Å². The summed E-state index contributed by atoms with van der Waals surface area (Å²) in [4.78, 5) is 35.3. The zero-order valence-electron chi connectivity index (χ0n) is 15.6. The lowest BCUT2D eigenvalue weighted by atomic mass is 9.90. The van der Waals surface area contributed by atoms with Gasteiger partial charge in [-0.3, -0.25) is 15.1 Å². The number of Topliss-reactive ketones (excluding diaryl/α,β-unsaturated/α-hetero) is 1. The van der Waals surface area contributed by atoms with Gasteiger partial charge in [0.2, 0.25) is 5.95 Å². The van der Waals surface area contributed by atoms with Crippen molar-refractivity contribution in [1.82, 2.24) is 9.97 Å². The van der Waals surface area contributed by atoms with E-state index in [1.165, 1.54) is 0 Å². The summed E-state index contributed by atoms with van der Waals surface area (Å²) < 4.78 is 32.3. The second-order valence-corrected chi connectivity index (χ2v) is 6.52. The van der Waals surface area contributed by atoms with Crippen LogP contribution in [-0.4, -0.2) is 40.7 Å². The Labute approximate surface area is 163 Å². The van der Waals surface area contributed by atoms with E-state index < -0.39 is 17.7 Å². The Morgan fingerprint density at radius 3 is 2.62 bits per heavy atom. The molecule has 0 spiro atoms. The van der Waals surface area contributed by atoms with Crippen molar-refractivity contribution in [2.24, 2.45) is 4.99 Å². The van der Waals surface area contributed by atoms with Gasteiger partial charge in [0.1, 0.15) is 6.54 Å². The third-order valence-electron chi connectivity index (χ3n) is 4.58. The molecule has 0 atom stereocenters. The van der Waals surface area contributed by atoms with Gasteiger partial charge in [0, 0.05) is 16.7 Å². The molecule has 4 rings (SSSR count). The zero-order valence-corrected chi connectivity index (χ0v) is 15.6. The number of aliphatic imine (C=N–C) groups is 1. The van der Waals surface area contributed by atoms with Crippen LogP contribution in [0.1, 0.15) is 34.0 Å². The molecule has 1 aromatic heterocycles. The maximum atomic E-state index is 13.9. The zero-order chi connectivity index (χ0) is 20.7. The van der Waals surface area contributed by atoms with Crippen LogP contribution in [-0.2, 0) is 4.74 Å². The fourth-order valence-corrected chi connectivity index (χ4v) is 3.27. The number of H-pyrrole nitrogens is 1. The molecule has 29 heavy (non-hydrogen) atoms. The van der Waals surface area contributed by atoms with E-state index in [4.69, 9.17) is 4.74 Å². The van der Waals surface area contributed by atoms with Crippen LogP contribution in [0, 0.1) is 18.6 Å². The molecule has 2 heterocycles. The molecule has 0 fully saturated rings. The Kier molecular flexibility index (Phi) is 4.57. The number of aryl methyl sites for hydroxylation is 1. The maximum Gasteiger partial charge on any atom is 0.413 e. The molecule has 0 radical (unpaired) electrons. The van der Waals surface area contributed by atoms with Crippen molar-refractivity contribution >= 4 is 34.6 Å². The minimum Gasteiger partial charge on any atom is -0.450 e. The number of amides is 1. The minimum absolute atomic E-state index is 0.0973. The molecule has 1 aliphatic heterocycles. The van der Waals surface area contributed by atoms with Crippen LogP contribution in [0.3, 0.4) is 0 Å². The van der Waals surface area contributed by atoms with Crippen molar-refractivity contribution in [2.45, 2.75) is 13.8 Å². The molecular weight excluding hydrogens is 382 g/mol. The first kappa shape index (κ1) is 18.7. The van der Waals surface area contributed by atoms with Crippen molar-refractivity contribution in [1.29, 1.82) is 0 Å². The number of anilines is 1. The number of hydrogen-bond acceptors (Lipinski definition) is 5. The van der Waals surface area contributed by atoms with E-state index in [-0.39, 0.29) is 36.0 Å². The van der Waals surface area contributed by atoms with E-state index in [0.717, 1.165) is 17.7 Å². The van der Waals surface area contributed by atoms with Crippen LogP contribution in [0.25, 0.3) is 11.0 Å². The van der Waals surface area contributed by atoms with Crippen LogP contribution in [0.15, 0.2) is 29.3 Å². The molecular formula is C20H16F2N4O3. The lowest BCUT2D eigenvalue weighted by molar-refractivity contribution is 0.0999. The number of halogens is 2. The Bertz CT molecular complexity index is 1200. The number of ether oxygens (including phenoxy) is 1. The molecule has 7 nitrogen and oxygen atoms in total. The van der Waals surface area contributed by atoms with E-state index in [1.807, 2.05) is 6.92 Å². The predicted octanol–water partition coefficient (Wildman–Crippen LogP) is 3.75. The van der Waals surface area contributed by atoms with Gasteiger partial charge in [-0.2, -0.15) is 0 Å². The second-order valence-electron chi connectivity index (χ2n) is 6.52. The fourth-order valence-electron chi connectivity index (χ4n) is 3.27. The smallest absolute Gasteiger partial charge is 0.413 e. The summed E-state index contributed by atoms with van der Waals surface area (Å²) in [7, 11) is 0. The molecule has 148 valence electrons. The van der Waals surface area contributed by atoms with Crippen LogP contribution < -0.4 is 5.32 Å². The maximum absolute atomic E-state index is 13.9. The summed E-state index contributed by atoms with van der Waals surface area (Å²) >= 11 is 0. The standard InChI is InChI=1S/C20H16F2N4O3/c1-3-29-20(28)26-19-24-15-4-9(2)10(7-16(15)25-19)18-12-6-14(22)13(21)5-11(12)17(27)8-23-18/h4-7H,3,8H2,1-2H3,(H2,24,25,26,28). The fraction of sp³-hybridized carbons (Fsp3) is 0.200. The predicted molar refractivity (Wildman–Crippen MR) is 103 cm³/mol. The highest BCUT2D eigenvalue weighted by Gasteiger charge is 2.25. The number of carbonyl (C=O) groups is 2. The SMILES string of the molecule is CCOC(=O)Nc1nc2cc(C3=NCC(=O)c4cc(F)c(F)cc43)c(C)cc2[nH]1. The molecule has 0 aliphatic carbocycles. The quantitative estimate of drug-likeness (QED) is 0.702. The molecule has 0 bridgehead atoms. The average molecular weight is 398 g/mol. The highest BCUT2D eigenvalue weighted by molar-refractivity contribution is 6.22. The Hall–Kier alpha value is -3.62. The normalized spacial score (nSPS) is 13.2. The molecule has 2 aromatic carbocycles. The minimum atomic E-state index is -1.08. The molecule has 0 saturated carbocycles. The summed E-state index contributed by atoms with van der Waals surface area (Å²) in [5.74, 6) is -2.29. The van der Waals surface area contributed by atoms with Crippen LogP contribution >= 0.6 is 0 Å². The van der Waals surface area contributed by atoms with E-state index in [0.29, 0.717) is 22.3 Å². The number of benzene rings is 2. The molecule has 0 saturated heterocycles. The van der Waals surface area contributed by atoms with Crippen LogP contribution in [0.5, 0.6) is 0 Å². The van der Waals surface area contributed by atoms with Gasteiger partial charge in [0.05, 0.1) is 23.4 Å². The number of carbonyl (C=O) groups excluding carboxylic acids is 2. The second kappa shape index (κ2) is 7.08. The van der Waals surface area contributed by atoms with Crippen molar-refractivity contribution in [2.75, 3.05) is 18.5 Å². The van der Waals surface area contributed by atoms with Gasteiger partial charge in [-0.05, 0) is 43.7 Å². The Balaban J connectivity index is 1.79. The summed E-state index contributed by atoms with van der Waals surface area (Å²) in [6.07, 6.45) is -0.634. The highest BCUT2D eigenvalue weighted by Crippen LogP contribution is 2.27. The van der Waals surface area contributed by atoms with E-state index in [1.54, 1.807) is 19.1 Å². The average Bonchev–Trinajstić information content (AvgIpc) is 3.04. The van der Waals surface area contributed by atoms with Gasteiger partial charge in [0.25, 0.3) is 0 Å². The van der Waals surface area contributed by atoms with Gasteiger partial charge in [-0.1, -0.05) is 0 Å². The number of nitrogens with zero attached hydrogens (tertiary/aromatic N) is 2. The first-order chi connectivity index (χ1) is 13.9. The Morgan fingerprint density at radius 1 is 1.17 bits per heavy atom. The van der Waals surface area contributed by atoms with Gasteiger partial charge in [-0.15, -0.1) is 0 Å². The number of hydrogen-bond donors (Lipinski definition) is 2. The third-order valence-corrected chi connectivity index (χ3v) is 4.58. The molecule has 2 N–H and O–H groups in total. The highest BCUT2D eigenvalue weighted by atomic mass is 19.2. The number of fused-ring (bicyclic) bond motifs is 2. The molecule has 1 amide bonds. The summed E-state index contributed by atoms with van der Waals surface area (Å²) in [6.45, 7) is 3.59. The monoisotopic (exact) mass is 398 g/mol. The molecule has 0 unspecified atom stereocenters. The number of ketones is 1. The summed E-state index contributed by atoms with van der Waals surface area (Å²) in [5.41, 5.74) is 3.33. The molecule has 3 aromatic rings. The topological polar surface area (TPSA) is 96.4 Å². The van der Waals surface area contributed by atoms with Crippen molar-refractivity contribution in [3.8, 4) is 0 Å². The number of aromatic amines is 1. The van der Waals surface area contributed by atoms with E-state index >= 15 is 0 Å². The molecule has 9 heteroatoms. The van der Waals surface area contributed by atoms with Gasteiger partial charge in [0.15, 0.2) is 17.4 Å². The van der Waals surface area contributed by atoms with E-state index in [9.17, 15) is 18.4 Å². The Morgan fingerprint density at radius 2 is 1.90 bits per heavy atom. The first-order valence-electron chi connectivity index (χ1n) is 8.89. The number of rotatable bonds is 3. The number of nitrogens with one attached hydrogen (secondary N) is 2. The van der Waals surface area contributed by atoms with E-state index in [2.05, 4.69) is 20.3 Å². The number of aromatic nitrogens is 2. The largest absolute Gasteiger partial charge is 0.450 e. The van der Waals surface area contributed by atoms with Crippen molar-refractivity contribution < 1.29 is 23.1 Å². The lowest BCUT2D eigenvalue weighted by Crippen LogP contribution is -2.21. The summed E-state index contributed by atoms with van der Waals surface area (Å²) in [6, 6.07) is 5.41. The van der Waals surface area contributed by atoms with Crippen LogP contribution in [0.4, 0.5) is 19.5 Å².